The maximum absolute atomic E-state index is 2.24. The molecular weight excluding hydrogens is 96.9 g/mol. The molecular formula is C6H16BN. The number of hydrogen-bond acceptors (Lipinski definition) is 0. The van der Waals surface area contributed by atoms with Gasteiger partial charge in [-0.1, -0.05) is 0 Å². The third kappa shape index (κ3) is 4.19. The summed E-state index contributed by atoms with van der Waals surface area (Å²) in [5.74, 6) is 0. The summed E-state index contributed by atoms with van der Waals surface area (Å²) in [5, 5.41) is 0. The summed E-state index contributed by atoms with van der Waals surface area (Å²) in [5.41, 5.74) is 0. The third-order valence-electron chi connectivity index (χ3n) is 1.71. The Morgan fingerprint density at radius 2 is 1.25 bits per heavy atom. The van der Waals surface area contributed by atoms with E-state index in [4.69, 9.17) is 0 Å². The first kappa shape index (κ1) is 10.9. The summed E-state index contributed by atoms with van der Waals surface area (Å²) in [6, 6.07) is 0. The number of nitrogens with zero attached hydrogens (tertiary/aromatic N) is 1. The molecule has 0 aromatic heterocycles. The zero-order valence-electron chi connectivity index (χ0n) is 6.44. The third-order valence-corrected chi connectivity index (χ3v) is 1.71. The average Bonchev–Trinajstić information content (AvgIpc) is 1.68. The molecule has 0 aliphatic heterocycles. The number of hydrogen-bond donors (Lipinski definition) is 0. The smallest absolute Gasteiger partial charge is 0.0753 e. The molecule has 0 aromatic rings. The molecule has 0 spiro atoms. The van der Waals surface area contributed by atoms with Gasteiger partial charge in [-0.15, -0.1) is 0 Å². The van der Waals surface area contributed by atoms with E-state index in [1.165, 1.54) is 13.1 Å². The van der Waals surface area contributed by atoms with E-state index >= 15 is 0 Å². The molecule has 2 heteroatoms. The molecule has 0 atom stereocenters. The molecule has 0 heterocycles. The molecule has 0 N–H and O–H groups in total. The molecule has 0 aromatic carbocycles. The van der Waals surface area contributed by atoms with E-state index in [2.05, 4.69) is 27.9 Å². The first-order valence-electron chi connectivity index (χ1n) is 2.94. The maximum Gasteiger partial charge on any atom is 0.0753 e. The van der Waals surface area contributed by atoms with Gasteiger partial charge in [0.05, 0.1) is 27.2 Å². The van der Waals surface area contributed by atoms with Crippen LogP contribution in [0.1, 0.15) is 13.8 Å². The van der Waals surface area contributed by atoms with Crippen molar-refractivity contribution >= 4 is 8.41 Å². The normalized spacial score (nSPS) is 10.5. The highest BCUT2D eigenvalue weighted by Crippen LogP contribution is 1.91. The molecule has 0 fully saturated rings. The Morgan fingerprint density at radius 1 is 1.00 bits per heavy atom. The largest absolute Gasteiger partial charge is 1.00 e. The van der Waals surface area contributed by atoms with Gasteiger partial charge in [-0.25, -0.2) is 0 Å². The van der Waals surface area contributed by atoms with E-state index in [0.29, 0.717) is 0 Å². The van der Waals surface area contributed by atoms with E-state index in [9.17, 15) is 0 Å². The molecule has 8 heavy (non-hydrogen) atoms. The van der Waals surface area contributed by atoms with Crippen LogP contribution in [0.4, 0.5) is 0 Å². The summed E-state index contributed by atoms with van der Waals surface area (Å²) in [6.07, 6.45) is 0. The zero-order chi connectivity index (χ0) is 5.91. The van der Waals surface area contributed by atoms with Gasteiger partial charge in [0.25, 0.3) is 0 Å². The molecule has 0 aliphatic carbocycles. The van der Waals surface area contributed by atoms with Gasteiger partial charge < -0.3 is 12.9 Å². The maximum atomic E-state index is 2.24. The predicted octanol–water partition coefficient (Wildman–Crippen LogP) is 0.722. The van der Waals surface area contributed by atoms with E-state index in [-0.39, 0.29) is 8.41 Å². The van der Waals surface area contributed by atoms with Crippen LogP contribution in [0.25, 0.3) is 0 Å². The van der Waals surface area contributed by atoms with Gasteiger partial charge in [-0.3, -0.25) is 0 Å². The first-order valence-corrected chi connectivity index (χ1v) is 2.94. The standard InChI is InChI=1S/C6H16N.B/c1-5-7(3,4)6-2;/h5-6H2,1-4H3;/q+1;-1. The van der Waals surface area contributed by atoms with Gasteiger partial charge in [-0.05, 0) is 13.8 Å². The predicted molar refractivity (Wildman–Crippen MR) is 38.9 cm³/mol. The monoisotopic (exact) mass is 113 g/mol. The van der Waals surface area contributed by atoms with Crippen molar-refractivity contribution in [2.75, 3.05) is 27.2 Å². The minimum absolute atomic E-state index is 0. The van der Waals surface area contributed by atoms with Crippen molar-refractivity contribution < 1.29 is 4.48 Å². The Hall–Kier alpha value is 0.0249. The Kier molecular flexibility index (Phi) is 5.40. The lowest BCUT2D eigenvalue weighted by molar-refractivity contribution is -0.886. The fourth-order valence-electron chi connectivity index (χ4n) is 0.224. The second kappa shape index (κ2) is 3.96. The molecule has 0 saturated carbocycles. The molecule has 0 rings (SSSR count). The summed E-state index contributed by atoms with van der Waals surface area (Å²) in [7, 11) is 4.47. The molecule has 1 nitrogen and oxygen atoms in total. The van der Waals surface area contributed by atoms with Crippen LogP contribution in [0.2, 0.25) is 0 Å². The lowest BCUT2D eigenvalue weighted by atomic mass is 10.5. The number of rotatable bonds is 2. The second-order valence-electron chi connectivity index (χ2n) is 2.57. The SMILES string of the molecule is CC[N+](C)(C)CC.[B-]. The van der Waals surface area contributed by atoms with Crippen LogP contribution in [0, 0.1) is 0 Å². The van der Waals surface area contributed by atoms with Crippen LogP contribution in [-0.4, -0.2) is 40.1 Å². The van der Waals surface area contributed by atoms with Crippen molar-refractivity contribution in [1.29, 1.82) is 0 Å². The highest BCUT2D eigenvalue weighted by atomic mass is 15.3. The summed E-state index contributed by atoms with van der Waals surface area (Å²) in [4.78, 5) is 0. The Labute approximate surface area is 54.9 Å². The molecule has 0 unspecified atom stereocenters. The van der Waals surface area contributed by atoms with Crippen molar-refractivity contribution in [1.82, 2.24) is 0 Å². The molecule has 0 bridgehead atoms. The van der Waals surface area contributed by atoms with Crippen LogP contribution in [-0.2, 0) is 0 Å². The molecule has 48 valence electrons. The van der Waals surface area contributed by atoms with Crippen LogP contribution in [0.5, 0.6) is 0 Å². The van der Waals surface area contributed by atoms with Gasteiger partial charge >= 0.3 is 0 Å². The van der Waals surface area contributed by atoms with Crippen LogP contribution in [0.15, 0.2) is 0 Å². The summed E-state index contributed by atoms with van der Waals surface area (Å²) < 4.78 is 1.14. The fourth-order valence-corrected chi connectivity index (χ4v) is 0.224. The van der Waals surface area contributed by atoms with Crippen LogP contribution >= 0.6 is 0 Å². The summed E-state index contributed by atoms with van der Waals surface area (Å²) in [6.45, 7) is 6.89. The van der Waals surface area contributed by atoms with Crippen molar-refractivity contribution in [3.8, 4) is 0 Å². The van der Waals surface area contributed by atoms with Crippen molar-refractivity contribution in [3.63, 3.8) is 0 Å². The van der Waals surface area contributed by atoms with Gasteiger partial charge in [0.1, 0.15) is 0 Å². The Morgan fingerprint density at radius 3 is 1.25 bits per heavy atom. The molecule has 0 amide bonds. The minimum Gasteiger partial charge on any atom is -1.00 e. The van der Waals surface area contributed by atoms with Gasteiger partial charge in [-0.2, -0.15) is 0 Å². The molecule has 0 aliphatic rings. The lowest BCUT2D eigenvalue weighted by Crippen LogP contribution is -2.38. The Bertz CT molecular complexity index is 46.5. The molecule has 4 radical (unpaired) electrons. The van der Waals surface area contributed by atoms with Gasteiger partial charge in [0, 0.05) is 0 Å². The Balaban J connectivity index is 0. The van der Waals surface area contributed by atoms with E-state index in [1.54, 1.807) is 0 Å². The van der Waals surface area contributed by atoms with E-state index < -0.39 is 0 Å². The zero-order valence-corrected chi connectivity index (χ0v) is 6.44. The van der Waals surface area contributed by atoms with Crippen molar-refractivity contribution in [2.24, 2.45) is 0 Å². The van der Waals surface area contributed by atoms with Gasteiger partial charge in [0.15, 0.2) is 0 Å². The molecule has 0 saturated heterocycles. The second-order valence-corrected chi connectivity index (χ2v) is 2.57. The number of quaternary nitrogens is 1. The quantitative estimate of drug-likeness (QED) is 0.365. The fraction of sp³-hybridized carbons (Fsp3) is 1.00. The van der Waals surface area contributed by atoms with Gasteiger partial charge in [0.2, 0.25) is 0 Å². The van der Waals surface area contributed by atoms with Crippen LogP contribution in [0.3, 0.4) is 0 Å². The van der Waals surface area contributed by atoms with E-state index in [0.717, 1.165) is 4.48 Å². The minimum atomic E-state index is 0. The van der Waals surface area contributed by atoms with Crippen LogP contribution < -0.4 is 0 Å². The first-order chi connectivity index (χ1) is 3.12. The highest BCUT2D eigenvalue weighted by Gasteiger charge is 2.04. The van der Waals surface area contributed by atoms with Crippen molar-refractivity contribution in [2.45, 2.75) is 13.8 Å². The average molecular weight is 113 g/mol. The topological polar surface area (TPSA) is 0 Å². The summed E-state index contributed by atoms with van der Waals surface area (Å²) >= 11 is 0. The van der Waals surface area contributed by atoms with Crippen molar-refractivity contribution in [3.05, 3.63) is 0 Å². The van der Waals surface area contributed by atoms with E-state index in [1.807, 2.05) is 0 Å². The lowest BCUT2D eigenvalue weighted by Gasteiger charge is -2.25. The highest BCUT2D eigenvalue weighted by molar-refractivity contribution is 5.75.